The number of hydrogen-bond donors (Lipinski definition) is 1. The van der Waals surface area contributed by atoms with Gasteiger partial charge in [-0.05, 0) is 17.7 Å². The molecular weight excluding hydrogens is 344 g/mol. The highest BCUT2D eigenvalue weighted by atomic mass is 35.5. The molecule has 0 unspecified atom stereocenters. The molecule has 0 saturated carbocycles. The molecule has 0 bridgehead atoms. The molecule has 0 aliphatic rings. The summed E-state index contributed by atoms with van der Waals surface area (Å²) >= 11 is 6.04. The Balaban J connectivity index is 1.58. The molecule has 8 nitrogen and oxygen atoms in total. The standard InChI is InChI=1S/C16H15ClN6O2/c17-13-4-2-1-3-12(13)9-15(24)19-7-8-22-16(25)6-5-14(21-22)23-11-18-10-20-23/h1-6,10-11H,7-9H2,(H,19,24). The lowest BCUT2D eigenvalue weighted by Gasteiger charge is -2.09. The number of carbonyl (C=O) groups is 1. The van der Waals surface area contributed by atoms with Crippen molar-refractivity contribution in [2.45, 2.75) is 13.0 Å². The van der Waals surface area contributed by atoms with Gasteiger partial charge in [-0.25, -0.2) is 14.3 Å². The van der Waals surface area contributed by atoms with E-state index in [0.29, 0.717) is 10.8 Å². The average Bonchev–Trinajstić information content (AvgIpc) is 3.13. The van der Waals surface area contributed by atoms with E-state index in [1.165, 1.54) is 28.1 Å². The minimum absolute atomic E-state index is 0.173. The van der Waals surface area contributed by atoms with Gasteiger partial charge >= 0.3 is 0 Å². The maximum absolute atomic E-state index is 12.0. The highest BCUT2D eigenvalue weighted by Crippen LogP contribution is 2.15. The van der Waals surface area contributed by atoms with Crippen molar-refractivity contribution >= 4 is 17.5 Å². The first-order valence-electron chi connectivity index (χ1n) is 7.57. The van der Waals surface area contributed by atoms with Crippen LogP contribution in [0, 0.1) is 0 Å². The van der Waals surface area contributed by atoms with Crippen molar-refractivity contribution in [1.29, 1.82) is 0 Å². The third-order valence-corrected chi connectivity index (χ3v) is 3.83. The van der Waals surface area contributed by atoms with E-state index in [-0.39, 0.29) is 31.0 Å². The quantitative estimate of drug-likeness (QED) is 0.704. The Hall–Kier alpha value is -3.00. The van der Waals surface area contributed by atoms with Gasteiger partial charge in [0.05, 0.1) is 13.0 Å². The monoisotopic (exact) mass is 358 g/mol. The number of nitrogens with zero attached hydrogens (tertiary/aromatic N) is 5. The van der Waals surface area contributed by atoms with Crippen molar-refractivity contribution in [2.75, 3.05) is 6.54 Å². The number of halogens is 1. The molecule has 0 atom stereocenters. The summed E-state index contributed by atoms with van der Waals surface area (Å²) in [4.78, 5) is 27.7. The maximum Gasteiger partial charge on any atom is 0.266 e. The zero-order valence-corrected chi connectivity index (χ0v) is 13.9. The molecule has 9 heteroatoms. The normalized spacial score (nSPS) is 10.6. The van der Waals surface area contributed by atoms with Crippen molar-refractivity contribution in [3.63, 3.8) is 0 Å². The Morgan fingerprint density at radius 2 is 2.04 bits per heavy atom. The molecule has 2 aromatic heterocycles. The first-order chi connectivity index (χ1) is 12.1. The van der Waals surface area contributed by atoms with Crippen molar-refractivity contribution in [3.8, 4) is 5.82 Å². The van der Waals surface area contributed by atoms with Crippen LogP contribution in [0.3, 0.4) is 0 Å². The summed E-state index contributed by atoms with van der Waals surface area (Å²) in [7, 11) is 0. The van der Waals surface area contributed by atoms with Crippen LogP contribution < -0.4 is 10.9 Å². The summed E-state index contributed by atoms with van der Waals surface area (Å²) in [6, 6.07) is 10.1. The summed E-state index contributed by atoms with van der Waals surface area (Å²) in [6.45, 7) is 0.520. The van der Waals surface area contributed by atoms with Crippen LogP contribution >= 0.6 is 11.6 Å². The van der Waals surface area contributed by atoms with E-state index in [4.69, 9.17) is 11.6 Å². The highest BCUT2D eigenvalue weighted by molar-refractivity contribution is 6.31. The molecule has 0 fully saturated rings. The van der Waals surface area contributed by atoms with Gasteiger partial charge in [-0.1, -0.05) is 29.8 Å². The van der Waals surface area contributed by atoms with Crippen LogP contribution in [0.5, 0.6) is 0 Å². The molecule has 128 valence electrons. The molecule has 0 spiro atoms. The molecule has 1 amide bonds. The van der Waals surface area contributed by atoms with E-state index in [1.54, 1.807) is 18.2 Å². The third-order valence-electron chi connectivity index (χ3n) is 3.46. The number of amides is 1. The Morgan fingerprint density at radius 1 is 1.20 bits per heavy atom. The van der Waals surface area contributed by atoms with E-state index < -0.39 is 0 Å². The van der Waals surface area contributed by atoms with Crippen LogP contribution in [-0.2, 0) is 17.8 Å². The number of aromatic nitrogens is 5. The van der Waals surface area contributed by atoms with Crippen LogP contribution in [-0.4, -0.2) is 37.0 Å². The van der Waals surface area contributed by atoms with E-state index in [1.807, 2.05) is 12.1 Å². The van der Waals surface area contributed by atoms with Crippen LogP contribution in [0.2, 0.25) is 5.02 Å². The Kier molecular flexibility index (Phi) is 5.20. The van der Waals surface area contributed by atoms with Crippen molar-refractivity contribution in [2.24, 2.45) is 0 Å². The molecule has 0 radical (unpaired) electrons. The lowest BCUT2D eigenvalue weighted by Crippen LogP contribution is -2.33. The first-order valence-corrected chi connectivity index (χ1v) is 7.94. The Labute approximate surface area is 148 Å². The number of nitrogens with one attached hydrogen (secondary N) is 1. The fourth-order valence-corrected chi connectivity index (χ4v) is 2.43. The van der Waals surface area contributed by atoms with Crippen LogP contribution in [0.1, 0.15) is 5.56 Å². The fraction of sp³-hybridized carbons (Fsp3) is 0.188. The van der Waals surface area contributed by atoms with Crippen LogP contribution in [0.4, 0.5) is 0 Å². The minimum Gasteiger partial charge on any atom is -0.354 e. The molecule has 25 heavy (non-hydrogen) atoms. The molecular formula is C16H15ClN6O2. The Bertz CT molecular complexity index is 922. The molecule has 1 N–H and O–H groups in total. The van der Waals surface area contributed by atoms with Gasteiger partial charge in [-0.2, -0.15) is 5.10 Å². The van der Waals surface area contributed by atoms with Gasteiger partial charge in [0.25, 0.3) is 5.56 Å². The summed E-state index contributed by atoms with van der Waals surface area (Å²) in [5.41, 5.74) is 0.495. The minimum atomic E-state index is -0.260. The first kappa shape index (κ1) is 16.8. The predicted molar refractivity (Wildman–Crippen MR) is 91.6 cm³/mol. The third kappa shape index (κ3) is 4.30. The van der Waals surface area contributed by atoms with Gasteiger partial charge in [-0.15, -0.1) is 5.10 Å². The average molecular weight is 359 g/mol. The second-order valence-corrected chi connectivity index (χ2v) is 5.62. The van der Waals surface area contributed by atoms with Crippen molar-refractivity contribution < 1.29 is 4.79 Å². The molecule has 3 rings (SSSR count). The topological polar surface area (TPSA) is 94.7 Å². The van der Waals surface area contributed by atoms with Gasteiger partial charge in [-0.3, -0.25) is 9.59 Å². The second kappa shape index (κ2) is 7.71. The van der Waals surface area contributed by atoms with Crippen LogP contribution in [0.15, 0.2) is 53.8 Å². The van der Waals surface area contributed by atoms with E-state index >= 15 is 0 Å². The van der Waals surface area contributed by atoms with Gasteiger partial charge in [0, 0.05) is 17.6 Å². The molecule has 0 saturated heterocycles. The summed E-state index contributed by atoms with van der Waals surface area (Å²) in [5, 5.41) is 11.5. The highest BCUT2D eigenvalue weighted by Gasteiger charge is 2.07. The molecule has 2 heterocycles. The van der Waals surface area contributed by atoms with Crippen LogP contribution in [0.25, 0.3) is 5.82 Å². The van der Waals surface area contributed by atoms with Gasteiger partial charge in [0.15, 0.2) is 5.82 Å². The zero-order valence-electron chi connectivity index (χ0n) is 13.2. The lowest BCUT2D eigenvalue weighted by molar-refractivity contribution is -0.120. The molecule has 1 aromatic carbocycles. The molecule has 0 aliphatic carbocycles. The van der Waals surface area contributed by atoms with E-state index in [0.717, 1.165) is 5.56 Å². The smallest absolute Gasteiger partial charge is 0.266 e. The van der Waals surface area contributed by atoms with E-state index in [2.05, 4.69) is 20.5 Å². The zero-order chi connectivity index (χ0) is 17.6. The molecule has 0 aliphatic heterocycles. The van der Waals surface area contributed by atoms with Crippen molar-refractivity contribution in [1.82, 2.24) is 29.9 Å². The number of hydrogen-bond acceptors (Lipinski definition) is 5. The van der Waals surface area contributed by atoms with Gasteiger partial charge in [0.1, 0.15) is 12.7 Å². The number of benzene rings is 1. The largest absolute Gasteiger partial charge is 0.354 e. The fourth-order valence-electron chi connectivity index (χ4n) is 2.23. The summed E-state index contributed by atoms with van der Waals surface area (Å²) in [6.07, 6.45) is 3.05. The van der Waals surface area contributed by atoms with E-state index in [9.17, 15) is 9.59 Å². The second-order valence-electron chi connectivity index (χ2n) is 5.21. The predicted octanol–water partition coefficient (Wildman–Crippen LogP) is 0.836. The number of rotatable bonds is 6. The Morgan fingerprint density at radius 3 is 2.80 bits per heavy atom. The maximum atomic E-state index is 12.0. The number of carbonyl (C=O) groups excluding carboxylic acids is 1. The van der Waals surface area contributed by atoms with Gasteiger partial charge in [0.2, 0.25) is 5.91 Å². The summed E-state index contributed by atoms with van der Waals surface area (Å²) < 4.78 is 2.72. The summed E-state index contributed by atoms with van der Waals surface area (Å²) in [5.74, 6) is 0.299. The SMILES string of the molecule is O=C(Cc1ccccc1Cl)NCCn1nc(-n2cncn2)ccc1=O. The van der Waals surface area contributed by atoms with Crippen molar-refractivity contribution in [3.05, 3.63) is 70.0 Å². The van der Waals surface area contributed by atoms with Gasteiger partial charge < -0.3 is 5.32 Å². The molecule has 3 aromatic rings. The lowest BCUT2D eigenvalue weighted by atomic mass is 10.1.